The Balaban J connectivity index is 1.34. The molecule has 0 spiro atoms. The lowest BCUT2D eigenvalue weighted by Gasteiger charge is -2.39. The zero-order valence-electron chi connectivity index (χ0n) is 20.6. The minimum absolute atomic E-state index is 0.0596. The Hall–Kier alpha value is -3.61. The number of carbonyl (C=O) groups is 2. The van der Waals surface area contributed by atoms with Crippen LogP contribution >= 0.6 is 0 Å². The van der Waals surface area contributed by atoms with E-state index in [1.165, 1.54) is 25.0 Å². The molecule has 3 aromatic rings. The van der Waals surface area contributed by atoms with Crippen molar-refractivity contribution in [1.82, 2.24) is 10.2 Å². The summed E-state index contributed by atoms with van der Waals surface area (Å²) in [5.74, 6) is 1.45. The highest BCUT2D eigenvalue weighted by Gasteiger charge is 2.33. The van der Waals surface area contributed by atoms with E-state index in [-0.39, 0.29) is 42.0 Å². The smallest absolute Gasteiger partial charge is 0.287 e. The molecule has 2 amide bonds. The Morgan fingerprint density at radius 3 is 2.61 bits per heavy atom. The summed E-state index contributed by atoms with van der Waals surface area (Å²) in [6.45, 7) is 5.24. The third-order valence-corrected chi connectivity index (χ3v) is 6.82. The van der Waals surface area contributed by atoms with Crippen molar-refractivity contribution in [2.24, 2.45) is 11.8 Å². The van der Waals surface area contributed by atoms with Gasteiger partial charge in [-0.3, -0.25) is 9.59 Å². The van der Waals surface area contributed by atoms with Gasteiger partial charge in [0.2, 0.25) is 5.91 Å². The first-order valence-corrected chi connectivity index (χ1v) is 12.6. The Kier molecular flexibility index (Phi) is 6.81. The normalized spacial score (nSPS) is 17.1. The van der Waals surface area contributed by atoms with E-state index in [1.807, 2.05) is 36.9 Å². The molecular formula is C29H31FN2O4. The number of carbonyl (C=O) groups excluding carboxylic acids is 2. The predicted molar refractivity (Wildman–Crippen MR) is 133 cm³/mol. The summed E-state index contributed by atoms with van der Waals surface area (Å²) in [4.78, 5) is 27.2. The molecule has 1 fully saturated rings. The van der Waals surface area contributed by atoms with Gasteiger partial charge in [0.15, 0.2) is 5.76 Å². The molecule has 2 heterocycles. The van der Waals surface area contributed by atoms with Crippen molar-refractivity contribution in [3.05, 3.63) is 88.6 Å². The molecule has 5 rings (SSSR count). The van der Waals surface area contributed by atoms with Gasteiger partial charge in [0.05, 0.1) is 6.04 Å². The molecule has 2 aromatic carbocycles. The van der Waals surface area contributed by atoms with Gasteiger partial charge >= 0.3 is 0 Å². The van der Waals surface area contributed by atoms with Crippen LogP contribution in [0, 0.1) is 17.7 Å². The molecule has 1 aromatic heterocycles. The number of hydrogen-bond acceptors (Lipinski definition) is 4. The summed E-state index contributed by atoms with van der Waals surface area (Å²) in [5, 5.41) is 2.90. The van der Waals surface area contributed by atoms with Gasteiger partial charge in [0, 0.05) is 19.0 Å². The molecule has 1 unspecified atom stereocenters. The second-order valence-corrected chi connectivity index (χ2v) is 9.96. The molecular weight excluding hydrogens is 459 g/mol. The molecule has 1 atom stereocenters. The van der Waals surface area contributed by atoms with Crippen LogP contribution in [-0.4, -0.2) is 29.8 Å². The van der Waals surface area contributed by atoms with Crippen molar-refractivity contribution in [2.75, 3.05) is 13.1 Å². The van der Waals surface area contributed by atoms with Gasteiger partial charge < -0.3 is 19.4 Å². The van der Waals surface area contributed by atoms with E-state index in [4.69, 9.17) is 9.15 Å². The summed E-state index contributed by atoms with van der Waals surface area (Å²) in [6.07, 6.45) is 3.08. The van der Waals surface area contributed by atoms with E-state index in [0.29, 0.717) is 30.5 Å². The van der Waals surface area contributed by atoms with Gasteiger partial charge in [0.1, 0.15) is 23.9 Å². The Morgan fingerprint density at radius 2 is 1.89 bits per heavy atom. The van der Waals surface area contributed by atoms with Crippen LogP contribution in [0.4, 0.5) is 4.39 Å². The summed E-state index contributed by atoms with van der Waals surface area (Å²) in [6, 6.07) is 15.3. The minimum Gasteiger partial charge on any atom is -0.486 e. The highest BCUT2D eigenvalue weighted by molar-refractivity contribution is 5.91. The number of nitrogens with zero attached hydrogens (tertiary/aromatic N) is 1. The van der Waals surface area contributed by atoms with E-state index in [0.717, 1.165) is 23.1 Å². The standard InChI is InChI=1S/C29H31FN2O4/c1-18(2)29(34)32-14-13-20-7-10-23(15-25(20)27(32)21-5-8-22(30)9-6-21)35-17-24-11-12-26(36-24)28(33)31-16-19-3-4-19/h5-12,15,18-19,27H,3-4,13-14,16-17H2,1-2H3,(H,31,33). The third-order valence-electron chi connectivity index (χ3n) is 6.82. The zero-order valence-corrected chi connectivity index (χ0v) is 20.6. The second-order valence-electron chi connectivity index (χ2n) is 9.96. The SMILES string of the molecule is CC(C)C(=O)N1CCc2ccc(OCc3ccc(C(=O)NCC4CC4)o3)cc2C1c1ccc(F)cc1. The molecule has 2 aliphatic rings. The number of hydrogen-bond donors (Lipinski definition) is 1. The van der Waals surface area contributed by atoms with Crippen LogP contribution in [-0.2, 0) is 17.8 Å². The molecule has 6 nitrogen and oxygen atoms in total. The van der Waals surface area contributed by atoms with Gasteiger partial charge in [-0.05, 0) is 78.3 Å². The molecule has 1 saturated carbocycles. The molecule has 1 N–H and O–H groups in total. The molecule has 0 radical (unpaired) electrons. The summed E-state index contributed by atoms with van der Waals surface area (Å²) in [5.41, 5.74) is 2.97. The van der Waals surface area contributed by atoms with Crippen LogP contribution in [0.2, 0.25) is 0 Å². The van der Waals surface area contributed by atoms with Crippen LogP contribution in [0.5, 0.6) is 5.75 Å². The number of furan rings is 1. The van der Waals surface area contributed by atoms with Crippen LogP contribution in [0.25, 0.3) is 0 Å². The first-order chi connectivity index (χ1) is 17.4. The van der Waals surface area contributed by atoms with Gasteiger partial charge in [-0.15, -0.1) is 0 Å². The van der Waals surface area contributed by atoms with Crippen molar-refractivity contribution < 1.29 is 23.1 Å². The highest BCUT2D eigenvalue weighted by atomic mass is 19.1. The molecule has 0 saturated heterocycles. The quantitative estimate of drug-likeness (QED) is 0.467. The number of nitrogens with one attached hydrogen (secondary N) is 1. The van der Waals surface area contributed by atoms with E-state index in [2.05, 4.69) is 5.32 Å². The first kappa shape index (κ1) is 24.1. The monoisotopic (exact) mass is 490 g/mol. The molecule has 1 aliphatic heterocycles. The predicted octanol–water partition coefficient (Wildman–Crippen LogP) is 5.27. The average molecular weight is 491 g/mol. The number of halogens is 1. The Bertz CT molecular complexity index is 1250. The molecule has 36 heavy (non-hydrogen) atoms. The maximum Gasteiger partial charge on any atom is 0.287 e. The number of rotatable bonds is 8. The lowest BCUT2D eigenvalue weighted by atomic mass is 9.87. The fourth-order valence-electron chi connectivity index (χ4n) is 4.63. The number of ether oxygens (including phenoxy) is 1. The number of fused-ring (bicyclic) bond motifs is 1. The van der Waals surface area contributed by atoms with Gasteiger partial charge in [-0.2, -0.15) is 0 Å². The van der Waals surface area contributed by atoms with Crippen molar-refractivity contribution in [1.29, 1.82) is 0 Å². The number of amides is 2. The average Bonchev–Trinajstić information content (AvgIpc) is 3.60. The van der Waals surface area contributed by atoms with Crippen LogP contribution in [0.3, 0.4) is 0 Å². The van der Waals surface area contributed by atoms with Gasteiger partial charge in [0.25, 0.3) is 5.91 Å². The van der Waals surface area contributed by atoms with Crippen LogP contribution < -0.4 is 10.1 Å². The second kappa shape index (κ2) is 10.2. The highest BCUT2D eigenvalue weighted by Crippen LogP contribution is 2.38. The van der Waals surface area contributed by atoms with Crippen molar-refractivity contribution in [3.8, 4) is 5.75 Å². The van der Waals surface area contributed by atoms with Crippen LogP contribution in [0.1, 0.15) is 65.7 Å². The lowest BCUT2D eigenvalue weighted by Crippen LogP contribution is -2.42. The van der Waals surface area contributed by atoms with E-state index < -0.39 is 0 Å². The third kappa shape index (κ3) is 5.30. The van der Waals surface area contributed by atoms with Crippen molar-refractivity contribution in [3.63, 3.8) is 0 Å². The summed E-state index contributed by atoms with van der Waals surface area (Å²) < 4.78 is 25.4. The minimum atomic E-state index is -0.321. The zero-order chi connectivity index (χ0) is 25.2. The first-order valence-electron chi connectivity index (χ1n) is 12.6. The lowest BCUT2D eigenvalue weighted by molar-refractivity contribution is -0.136. The maximum absolute atomic E-state index is 13.7. The topological polar surface area (TPSA) is 71.8 Å². The van der Waals surface area contributed by atoms with E-state index >= 15 is 0 Å². The maximum atomic E-state index is 13.7. The van der Waals surface area contributed by atoms with E-state index in [1.54, 1.807) is 24.3 Å². The summed E-state index contributed by atoms with van der Waals surface area (Å²) >= 11 is 0. The summed E-state index contributed by atoms with van der Waals surface area (Å²) in [7, 11) is 0. The van der Waals surface area contributed by atoms with Crippen molar-refractivity contribution in [2.45, 2.75) is 45.8 Å². The van der Waals surface area contributed by atoms with Crippen molar-refractivity contribution >= 4 is 11.8 Å². The number of benzene rings is 2. The van der Waals surface area contributed by atoms with Gasteiger partial charge in [-0.25, -0.2) is 4.39 Å². The largest absolute Gasteiger partial charge is 0.486 e. The Labute approximate surface area is 210 Å². The molecule has 0 bridgehead atoms. The molecule has 1 aliphatic carbocycles. The fourth-order valence-corrected chi connectivity index (χ4v) is 4.63. The molecule has 188 valence electrons. The molecule has 7 heteroatoms. The van der Waals surface area contributed by atoms with Crippen LogP contribution in [0.15, 0.2) is 59.0 Å². The Morgan fingerprint density at radius 1 is 1.11 bits per heavy atom. The fraction of sp³-hybridized carbons (Fsp3) is 0.379. The van der Waals surface area contributed by atoms with Gasteiger partial charge in [-0.1, -0.05) is 32.0 Å². The van der Waals surface area contributed by atoms with E-state index in [9.17, 15) is 14.0 Å².